The summed E-state index contributed by atoms with van der Waals surface area (Å²) in [6, 6.07) is 9.26. The molecular formula is C17H25N3. The average molecular weight is 271 g/mol. The Balaban J connectivity index is 2.23. The number of likely N-dealkylation sites (N-methyl/N-ethyl adjacent to an activating group) is 1. The fourth-order valence-electron chi connectivity index (χ4n) is 2.69. The number of nitrogens with zero attached hydrogens (tertiary/aromatic N) is 2. The average Bonchev–Trinajstić information content (AvgIpc) is 2.70. The van der Waals surface area contributed by atoms with Crippen molar-refractivity contribution in [2.24, 2.45) is 7.05 Å². The molecule has 0 saturated heterocycles. The first kappa shape index (κ1) is 14.8. The van der Waals surface area contributed by atoms with Crippen molar-refractivity contribution in [3.63, 3.8) is 0 Å². The van der Waals surface area contributed by atoms with Crippen LogP contribution in [-0.2, 0) is 19.9 Å². The van der Waals surface area contributed by atoms with Gasteiger partial charge in [-0.05, 0) is 50.4 Å². The van der Waals surface area contributed by atoms with Gasteiger partial charge in [-0.1, -0.05) is 31.2 Å². The maximum atomic E-state index is 4.51. The Morgan fingerprint density at radius 3 is 2.30 bits per heavy atom. The van der Waals surface area contributed by atoms with E-state index in [0.717, 1.165) is 18.5 Å². The van der Waals surface area contributed by atoms with Crippen LogP contribution in [0.3, 0.4) is 0 Å². The molecule has 0 bridgehead atoms. The topological polar surface area (TPSA) is 29.9 Å². The molecule has 0 spiro atoms. The summed E-state index contributed by atoms with van der Waals surface area (Å²) in [5, 5.41) is 7.94. The molecule has 1 heterocycles. The standard InChI is InChI=1S/C17H25N3/c1-6-14-7-9-15(10-8-14)17(18-4)11-16-12(2)19-20(5)13(16)3/h7-10,17-18H,6,11H2,1-5H3. The van der Waals surface area contributed by atoms with Crippen LogP contribution in [0.1, 0.15) is 41.0 Å². The maximum absolute atomic E-state index is 4.51. The molecule has 0 saturated carbocycles. The van der Waals surface area contributed by atoms with Crippen molar-refractivity contribution in [3.8, 4) is 0 Å². The van der Waals surface area contributed by atoms with E-state index in [1.807, 2.05) is 18.8 Å². The van der Waals surface area contributed by atoms with E-state index in [4.69, 9.17) is 0 Å². The first-order chi connectivity index (χ1) is 9.56. The van der Waals surface area contributed by atoms with E-state index in [1.54, 1.807) is 0 Å². The molecule has 3 nitrogen and oxygen atoms in total. The highest BCUT2D eigenvalue weighted by atomic mass is 15.3. The van der Waals surface area contributed by atoms with Gasteiger partial charge in [0, 0.05) is 18.8 Å². The second kappa shape index (κ2) is 6.23. The molecule has 0 aliphatic rings. The second-order valence-electron chi connectivity index (χ2n) is 5.41. The summed E-state index contributed by atoms with van der Waals surface area (Å²) >= 11 is 0. The predicted molar refractivity (Wildman–Crippen MR) is 84.0 cm³/mol. The van der Waals surface area contributed by atoms with Gasteiger partial charge in [-0.25, -0.2) is 0 Å². The molecule has 0 aliphatic carbocycles. The Labute approximate surface area is 122 Å². The lowest BCUT2D eigenvalue weighted by Crippen LogP contribution is -2.19. The number of rotatable bonds is 5. The van der Waals surface area contributed by atoms with Gasteiger partial charge >= 0.3 is 0 Å². The van der Waals surface area contributed by atoms with Gasteiger partial charge in [-0.15, -0.1) is 0 Å². The summed E-state index contributed by atoms with van der Waals surface area (Å²) < 4.78 is 1.97. The minimum atomic E-state index is 0.336. The number of benzene rings is 1. The normalized spacial score (nSPS) is 12.7. The minimum absolute atomic E-state index is 0.336. The highest BCUT2D eigenvalue weighted by Crippen LogP contribution is 2.22. The molecule has 3 heteroatoms. The van der Waals surface area contributed by atoms with Crippen molar-refractivity contribution in [2.45, 2.75) is 39.7 Å². The molecule has 108 valence electrons. The number of nitrogens with one attached hydrogen (secondary N) is 1. The Morgan fingerprint density at radius 2 is 1.85 bits per heavy atom. The smallest absolute Gasteiger partial charge is 0.0629 e. The third-order valence-electron chi connectivity index (χ3n) is 4.21. The van der Waals surface area contributed by atoms with Crippen molar-refractivity contribution in [1.29, 1.82) is 0 Å². The summed E-state index contributed by atoms with van der Waals surface area (Å²) in [6.45, 7) is 6.42. The van der Waals surface area contributed by atoms with Crippen LogP contribution in [0.5, 0.6) is 0 Å². The van der Waals surface area contributed by atoms with E-state index >= 15 is 0 Å². The summed E-state index contributed by atoms with van der Waals surface area (Å²) in [4.78, 5) is 0. The van der Waals surface area contributed by atoms with Crippen molar-refractivity contribution >= 4 is 0 Å². The van der Waals surface area contributed by atoms with Crippen LogP contribution in [0, 0.1) is 13.8 Å². The van der Waals surface area contributed by atoms with Crippen LogP contribution in [0.25, 0.3) is 0 Å². The molecule has 0 aliphatic heterocycles. The van der Waals surface area contributed by atoms with Gasteiger partial charge in [0.15, 0.2) is 0 Å². The van der Waals surface area contributed by atoms with Gasteiger partial charge in [-0.3, -0.25) is 4.68 Å². The molecule has 0 fully saturated rings. The van der Waals surface area contributed by atoms with E-state index in [-0.39, 0.29) is 0 Å². The van der Waals surface area contributed by atoms with Crippen LogP contribution in [0.15, 0.2) is 24.3 Å². The summed E-state index contributed by atoms with van der Waals surface area (Å²) in [5.41, 5.74) is 6.47. The Hall–Kier alpha value is -1.61. The van der Waals surface area contributed by atoms with E-state index in [1.165, 1.54) is 22.4 Å². The molecule has 20 heavy (non-hydrogen) atoms. The summed E-state index contributed by atoms with van der Waals surface area (Å²) in [7, 11) is 4.04. The fraction of sp³-hybridized carbons (Fsp3) is 0.471. The van der Waals surface area contributed by atoms with E-state index in [0.29, 0.717) is 6.04 Å². The predicted octanol–water partition coefficient (Wildman–Crippen LogP) is 3.10. The zero-order chi connectivity index (χ0) is 14.7. The first-order valence-corrected chi connectivity index (χ1v) is 7.32. The van der Waals surface area contributed by atoms with Crippen LogP contribution in [0.2, 0.25) is 0 Å². The molecule has 1 N–H and O–H groups in total. The molecule has 2 aromatic rings. The van der Waals surface area contributed by atoms with Crippen LogP contribution >= 0.6 is 0 Å². The van der Waals surface area contributed by atoms with Crippen molar-refractivity contribution in [1.82, 2.24) is 15.1 Å². The van der Waals surface area contributed by atoms with E-state index in [2.05, 4.69) is 55.5 Å². The molecule has 2 rings (SSSR count). The third kappa shape index (κ3) is 2.93. The molecular weight excluding hydrogens is 246 g/mol. The van der Waals surface area contributed by atoms with Gasteiger partial charge in [0.25, 0.3) is 0 Å². The van der Waals surface area contributed by atoms with E-state index < -0.39 is 0 Å². The monoisotopic (exact) mass is 271 g/mol. The number of aromatic nitrogens is 2. The third-order valence-corrected chi connectivity index (χ3v) is 4.21. The molecule has 0 radical (unpaired) electrons. The maximum Gasteiger partial charge on any atom is 0.0629 e. The Bertz CT molecular complexity index is 567. The van der Waals surface area contributed by atoms with E-state index in [9.17, 15) is 0 Å². The van der Waals surface area contributed by atoms with Crippen molar-refractivity contribution in [3.05, 3.63) is 52.3 Å². The minimum Gasteiger partial charge on any atom is -0.313 e. The molecule has 1 aromatic carbocycles. The van der Waals surface area contributed by atoms with Crippen LogP contribution in [0.4, 0.5) is 0 Å². The lowest BCUT2D eigenvalue weighted by atomic mass is 9.96. The zero-order valence-electron chi connectivity index (χ0n) is 13.2. The van der Waals surface area contributed by atoms with Gasteiger partial charge < -0.3 is 5.32 Å². The highest BCUT2D eigenvalue weighted by molar-refractivity contribution is 5.30. The second-order valence-corrected chi connectivity index (χ2v) is 5.41. The quantitative estimate of drug-likeness (QED) is 0.905. The lowest BCUT2D eigenvalue weighted by Gasteiger charge is -2.17. The molecule has 0 amide bonds. The first-order valence-electron chi connectivity index (χ1n) is 7.32. The van der Waals surface area contributed by atoms with Crippen LogP contribution < -0.4 is 5.32 Å². The SMILES string of the molecule is CCc1ccc(C(Cc2c(C)nn(C)c2C)NC)cc1. The van der Waals surface area contributed by atoms with Gasteiger partial charge in [-0.2, -0.15) is 5.10 Å². The number of hydrogen-bond acceptors (Lipinski definition) is 2. The largest absolute Gasteiger partial charge is 0.313 e. The summed E-state index contributed by atoms with van der Waals surface area (Å²) in [6.07, 6.45) is 2.07. The number of aryl methyl sites for hydroxylation is 3. The van der Waals surface area contributed by atoms with Gasteiger partial charge in [0.05, 0.1) is 5.69 Å². The highest BCUT2D eigenvalue weighted by Gasteiger charge is 2.16. The molecule has 1 aromatic heterocycles. The Kier molecular flexibility index (Phi) is 4.61. The lowest BCUT2D eigenvalue weighted by molar-refractivity contribution is 0.588. The van der Waals surface area contributed by atoms with Crippen molar-refractivity contribution < 1.29 is 0 Å². The summed E-state index contributed by atoms with van der Waals surface area (Å²) in [5.74, 6) is 0. The Morgan fingerprint density at radius 1 is 1.20 bits per heavy atom. The van der Waals surface area contributed by atoms with Gasteiger partial charge in [0.1, 0.15) is 0 Å². The van der Waals surface area contributed by atoms with Crippen LogP contribution in [-0.4, -0.2) is 16.8 Å². The zero-order valence-corrected chi connectivity index (χ0v) is 13.2. The van der Waals surface area contributed by atoms with Crippen molar-refractivity contribution in [2.75, 3.05) is 7.05 Å². The fourth-order valence-corrected chi connectivity index (χ4v) is 2.69. The van der Waals surface area contributed by atoms with Gasteiger partial charge in [0.2, 0.25) is 0 Å². The molecule has 1 unspecified atom stereocenters. The number of hydrogen-bond donors (Lipinski definition) is 1. The molecule has 1 atom stereocenters.